The third-order valence-corrected chi connectivity index (χ3v) is 7.28. The fourth-order valence-corrected chi connectivity index (χ4v) is 5.02. The van der Waals surface area contributed by atoms with Gasteiger partial charge in [-0.15, -0.1) is 4.91 Å². The molecule has 0 aromatic rings. The van der Waals surface area contributed by atoms with Crippen LogP contribution in [0.25, 0.3) is 0 Å². The number of unbranched alkanes of at least 4 members (excludes halogenated alkanes) is 11. The zero-order valence-corrected chi connectivity index (χ0v) is 23.8. The van der Waals surface area contributed by atoms with Gasteiger partial charge in [0.1, 0.15) is 12.2 Å². The van der Waals surface area contributed by atoms with Crippen LogP contribution < -0.4 is 0 Å². The van der Waals surface area contributed by atoms with Gasteiger partial charge in [0.25, 0.3) is 0 Å². The van der Waals surface area contributed by atoms with Gasteiger partial charge < -0.3 is 9.47 Å². The van der Waals surface area contributed by atoms with E-state index in [2.05, 4.69) is 19.1 Å². The highest BCUT2D eigenvalue weighted by Crippen LogP contribution is 2.33. The molecular formula is C29H52N2O6. The van der Waals surface area contributed by atoms with Crippen LogP contribution in [0.5, 0.6) is 0 Å². The molecule has 0 N–H and O–H groups in total. The first-order valence-corrected chi connectivity index (χ1v) is 14.9. The number of hydrogen-bond donors (Lipinski definition) is 0. The van der Waals surface area contributed by atoms with Gasteiger partial charge in [-0.2, -0.15) is 5.01 Å². The van der Waals surface area contributed by atoms with Crippen molar-refractivity contribution in [1.29, 1.82) is 0 Å². The summed E-state index contributed by atoms with van der Waals surface area (Å²) in [6, 6.07) is -1.05. The first-order valence-electron chi connectivity index (χ1n) is 14.9. The van der Waals surface area contributed by atoms with Gasteiger partial charge in [-0.3, -0.25) is 9.59 Å². The number of nitroso groups, excluding NO2 is 1. The number of amides is 1. The molecule has 214 valence electrons. The number of carbonyl (C=O) groups is 3. The molecular weight excluding hydrogens is 472 g/mol. The molecule has 1 unspecified atom stereocenters. The minimum atomic E-state index is -1.05. The summed E-state index contributed by atoms with van der Waals surface area (Å²) in [5.41, 5.74) is 0. The second kappa shape index (κ2) is 20.0. The molecule has 0 aromatic carbocycles. The molecule has 4 atom stereocenters. The van der Waals surface area contributed by atoms with Gasteiger partial charge in [0.2, 0.25) is 6.41 Å². The number of esters is 2. The molecule has 1 aliphatic heterocycles. The largest absolute Gasteiger partial charge is 0.461 e. The predicted molar refractivity (Wildman–Crippen MR) is 145 cm³/mol. The number of cyclic esters (lactones) is 1. The molecule has 1 amide bonds. The first kappa shape index (κ1) is 33.0. The standard InChI is InChI=1S/C29H52N2O6/c1-5-7-9-11-12-13-14-15-16-18-24(21-27-25(28(33)37-27)19-17-10-8-6-2)36-29(34)26(20-23(3)4)31(22-32)30-35/h22-27H,5-21H2,1-4H3/t24-,25-,26?,27-/m0/s1. The van der Waals surface area contributed by atoms with Crippen molar-refractivity contribution < 1.29 is 23.9 Å². The molecule has 0 aliphatic carbocycles. The Morgan fingerprint density at radius 1 is 0.973 bits per heavy atom. The maximum atomic E-state index is 13.1. The highest BCUT2D eigenvalue weighted by Gasteiger charge is 2.43. The average molecular weight is 525 g/mol. The lowest BCUT2D eigenvalue weighted by molar-refractivity contribution is -0.190. The van der Waals surface area contributed by atoms with Crippen molar-refractivity contribution in [3.8, 4) is 0 Å². The molecule has 8 nitrogen and oxygen atoms in total. The second-order valence-corrected chi connectivity index (χ2v) is 11.1. The Morgan fingerprint density at radius 3 is 2.05 bits per heavy atom. The molecule has 0 aromatic heterocycles. The summed E-state index contributed by atoms with van der Waals surface area (Å²) >= 11 is 0. The van der Waals surface area contributed by atoms with Gasteiger partial charge in [0.05, 0.1) is 11.2 Å². The van der Waals surface area contributed by atoms with E-state index in [1.807, 2.05) is 13.8 Å². The smallest absolute Gasteiger partial charge is 0.331 e. The fraction of sp³-hybridized carbons (Fsp3) is 0.897. The van der Waals surface area contributed by atoms with Crippen molar-refractivity contribution in [1.82, 2.24) is 5.01 Å². The van der Waals surface area contributed by atoms with Crippen molar-refractivity contribution in [2.24, 2.45) is 17.1 Å². The van der Waals surface area contributed by atoms with E-state index in [9.17, 15) is 19.3 Å². The summed E-state index contributed by atoms with van der Waals surface area (Å²) in [6.07, 6.45) is 16.9. The minimum absolute atomic E-state index is 0.0672. The SMILES string of the molecule is CCCCCCCCCCC[C@@H](C[C@@H]1OC(=O)[C@H]1CCCCCC)OC(=O)C(CC(C)C)N(C=O)N=O. The lowest BCUT2D eigenvalue weighted by Gasteiger charge is -2.37. The molecule has 1 heterocycles. The van der Waals surface area contributed by atoms with Crippen LogP contribution in [-0.2, 0) is 23.9 Å². The second-order valence-electron chi connectivity index (χ2n) is 11.1. The molecule has 0 bridgehead atoms. The van der Waals surface area contributed by atoms with Gasteiger partial charge in [-0.05, 0) is 31.6 Å². The van der Waals surface area contributed by atoms with E-state index >= 15 is 0 Å². The summed E-state index contributed by atoms with van der Waals surface area (Å²) in [5.74, 6) is -0.857. The van der Waals surface area contributed by atoms with Crippen molar-refractivity contribution in [2.75, 3.05) is 0 Å². The highest BCUT2D eigenvalue weighted by molar-refractivity contribution is 5.79. The van der Waals surface area contributed by atoms with Crippen LogP contribution >= 0.6 is 0 Å². The molecule has 0 saturated carbocycles. The van der Waals surface area contributed by atoms with Crippen molar-refractivity contribution in [3.05, 3.63) is 4.91 Å². The molecule has 8 heteroatoms. The normalized spacial score (nSPS) is 18.6. The predicted octanol–water partition coefficient (Wildman–Crippen LogP) is 7.28. The number of ether oxygens (including phenoxy) is 2. The Balaban J connectivity index is 2.70. The number of carbonyl (C=O) groups excluding carboxylic acids is 3. The number of nitrogens with zero attached hydrogens (tertiary/aromatic N) is 2. The fourth-order valence-electron chi connectivity index (χ4n) is 5.02. The van der Waals surface area contributed by atoms with Crippen molar-refractivity contribution >= 4 is 18.3 Å². The quantitative estimate of drug-likeness (QED) is 0.0432. The van der Waals surface area contributed by atoms with Crippen molar-refractivity contribution in [3.63, 3.8) is 0 Å². The Bertz CT molecular complexity index is 648. The van der Waals surface area contributed by atoms with Gasteiger partial charge in [0, 0.05) is 6.42 Å². The Labute approximate surface area is 224 Å². The zero-order valence-electron chi connectivity index (χ0n) is 23.8. The van der Waals surface area contributed by atoms with Crippen molar-refractivity contribution in [2.45, 2.75) is 155 Å². The van der Waals surface area contributed by atoms with Gasteiger partial charge >= 0.3 is 11.9 Å². The zero-order chi connectivity index (χ0) is 27.5. The molecule has 1 aliphatic rings. The molecule has 1 fully saturated rings. The summed E-state index contributed by atoms with van der Waals surface area (Å²) < 4.78 is 11.3. The van der Waals surface area contributed by atoms with E-state index in [1.165, 1.54) is 38.5 Å². The van der Waals surface area contributed by atoms with E-state index in [0.29, 0.717) is 17.9 Å². The maximum Gasteiger partial charge on any atom is 0.331 e. The Hall–Kier alpha value is -1.99. The van der Waals surface area contributed by atoms with Crippen LogP contribution in [0.4, 0.5) is 0 Å². The van der Waals surface area contributed by atoms with Crippen LogP contribution in [0.15, 0.2) is 5.29 Å². The first-order chi connectivity index (χ1) is 17.9. The Kier molecular flexibility index (Phi) is 17.9. The lowest BCUT2D eigenvalue weighted by Crippen LogP contribution is -2.48. The van der Waals surface area contributed by atoms with E-state index in [-0.39, 0.29) is 36.7 Å². The highest BCUT2D eigenvalue weighted by atomic mass is 16.6. The van der Waals surface area contributed by atoms with Crippen LogP contribution in [0, 0.1) is 16.7 Å². The van der Waals surface area contributed by atoms with E-state index in [1.54, 1.807) is 0 Å². The van der Waals surface area contributed by atoms with Crippen LogP contribution in [0.1, 0.15) is 137 Å². The summed E-state index contributed by atoms with van der Waals surface area (Å²) in [6.45, 7) is 8.19. The van der Waals surface area contributed by atoms with E-state index < -0.39 is 18.1 Å². The topological polar surface area (TPSA) is 102 Å². The molecule has 0 radical (unpaired) electrons. The van der Waals surface area contributed by atoms with E-state index in [0.717, 1.165) is 51.4 Å². The van der Waals surface area contributed by atoms with Crippen LogP contribution in [-0.4, -0.2) is 41.6 Å². The summed E-state index contributed by atoms with van der Waals surface area (Å²) in [7, 11) is 0. The average Bonchev–Trinajstić information content (AvgIpc) is 2.86. The maximum absolute atomic E-state index is 13.1. The van der Waals surface area contributed by atoms with Gasteiger partial charge in [0.15, 0.2) is 6.04 Å². The van der Waals surface area contributed by atoms with Crippen LogP contribution in [0.2, 0.25) is 0 Å². The number of hydrogen-bond acceptors (Lipinski definition) is 7. The minimum Gasteiger partial charge on any atom is -0.461 e. The molecule has 1 saturated heterocycles. The lowest BCUT2D eigenvalue weighted by atomic mass is 9.86. The molecule has 1 rings (SSSR count). The Morgan fingerprint density at radius 2 is 1.54 bits per heavy atom. The monoisotopic (exact) mass is 524 g/mol. The summed E-state index contributed by atoms with van der Waals surface area (Å²) in [4.78, 5) is 47.6. The summed E-state index contributed by atoms with van der Waals surface area (Å²) in [5, 5.41) is 3.32. The third kappa shape index (κ3) is 13.4. The van der Waals surface area contributed by atoms with Crippen LogP contribution in [0.3, 0.4) is 0 Å². The van der Waals surface area contributed by atoms with Gasteiger partial charge in [-0.25, -0.2) is 4.79 Å². The van der Waals surface area contributed by atoms with Gasteiger partial charge in [-0.1, -0.05) is 105 Å². The van der Waals surface area contributed by atoms with E-state index in [4.69, 9.17) is 9.47 Å². The third-order valence-electron chi connectivity index (χ3n) is 7.28. The molecule has 37 heavy (non-hydrogen) atoms. The number of rotatable bonds is 24. The molecule has 0 spiro atoms.